The summed E-state index contributed by atoms with van der Waals surface area (Å²) in [5, 5.41) is 0. The van der Waals surface area contributed by atoms with Gasteiger partial charge < -0.3 is 0 Å². The summed E-state index contributed by atoms with van der Waals surface area (Å²) in [4.78, 5) is 0. The molecule has 0 heterocycles. The Morgan fingerprint density at radius 1 is 0.400 bits per heavy atom. The molecule has 8 rings (SSSR count). The van der Waals surface area contributed by atoms with Crippen LogP contribution in [0.3, 0.4) is 0 Å². The third-order valence-corrected chi connectivity index (χ3v) is 11.4. The molecule has 8 aliphatic carbocycles. The summed E-state index contributed by atoms with van der Waals surface area (Å²) in [5.74, 6) is 0. The van der Waals surface area contributed by atoms with Crippen molar-refractivity contribution in [1.82, 2.24) is 0 Å². The van der Waals surface area contributed by atoms with E-state index < -0.39 is 0 Å². The van der Waals surface area contributed by atoms with E-state index in [-0.39, 0.29) is 0 Å². The first-order chi connectivity index (χ1) is 13.9. The van der Waals surface area contributed by atoms with Gasteiger partial charge in [0.15, 0.2) is 0 Å². The van der Waals surface area contributed by atoms with Crippen LogP contribution in [0.25, 0.3) is 0 Å². The maximum absolute atomic E-state index is 2.70. The van der Waals surface area contributed by atoms with Crippen molar-refractivity contribution in [2.45, 2.75) is 119 Å². The van der Waals surface area contributed by atoms with Gasteiger partial charge in [-0.2, -0.15) is 0 Å². The van der Waals surface area contributed by atoms with E-state index in [1.54, 1.807) is 0 Å². The van der Waals surface area contributed by atoms with Gasteiger partial charge in [-0.3, -0.25) is 0 Å². The molecule has 166 valence electrons. The highest BCUT2D eigenvalue weighted by Gasteiger charge is 2.75. The summed E-state index contributed by atoms with van der Waals surface area (Å²) in [6, 6.07) is 0. The summed E-state index contributed by atoms with van der Waals surface area (Å²) in [6.07, 6.45) is 28.2. The molecule has 30 heavy (non-hydrogen) atoms. The lowest BCUT2D eigenvalue weighted by Gasteiger charge is -2.79. The minimum absolute atomic E-state index is 0.492. The Labute approximate surface area is 186 Å². The second kappa shape index (κ2) is 5.34. The van der Waals surface area contributed by atoms with Gasteiger partial charge in [0, 0.05) is 0 Å². The summed E-state index contributed by atoms with van der Waals surface area (Å²) >= 11 is 0. The Bertz CT molecular complexity index is 732. The van der Waals surface area contributed by atoms with Gasteiger partial charge in [0.1, 0.15) is 0 Å². The third-order valence-electron chi connectivity index (χ3n) is 11.4. The first-order valence-electron chi connectivity index (χ1n) is 13.1. The molecule has 0 N–H and O–H groups in total. The van der Waals surface area contributed by atoms with E-state index in [4.69, 9.17) is 0 Å². The van der Waals surface area contributed by atoms with E-state index in [2.05, 4.69) is 65.8 Å². The molecule has 0 amide bonds. The highest BCUT2D eigenvalue weighted by atomic mass is 14.8. The monoisotopic (exact) mass is 406 g/mol. The van der Waals surface area contributed by atoms with Crippen LogP contribution in [0.4, 0.5) is 0 Å². The first kappa shape index (κ1) is 20.1. The lowest BCUT2D eigenvalue weighted by molar-refractivity contribution is -0.286. The normalized spacial score (nSPS) is 63.5. The van der Waals surface area contributed by atoms with Gasteiger partial charge in [-0.1, -0.05) is 52.0 Å². The molecule has 0 aliphatic heterocycles. The van der Waals surface area contributed by atoms with Crippen molar-refractivity contribution in [2.75, 3.05) is 0 Å². The van der Waals surface area contributed by atoms with Crippen LogP contribution in [0.2, 0.25) is 0 Å². The molecule has 0 saturated heterocycles. The Kier molecular flexibility index (Phi) is 3.58. The molecule has 8 fully saturated rings. The Hall–Kier alpha value is -0.520. The molecule has 0 radical (unpaired) electrons. The van der Waals surface area contributed by atoms with Crippen LogP contribution in [0.15, 0.2) is 24.3 Å². The van der Waals surface area contributed by atoms with Gasteiger partial charge in [0.25, 0.3) is 0 Å². The van der Waals surface area contributed by atoms with Gasteiger partial charge in [-0.25, -0.2) is 0 Å². The van der Waals surface area contributed by atoms with Crippen molar-refractivity contribution in [3.05, 3.63) is 24.3 Å². The Morgan fingerprint density at radius 3 is 0.967 bits per heavy atom. The van der Waals surface area contributed by atoms with E-state index in [1.165, 1.54) is 77.0 Å². The zero-order valence-corrected chi connectivity index (χ0v) is 20.8. The average Bonchev–Trinajstić information content (AvgIpc) is 2.47. The van der Waals surface area contributed by atoms with Gasteiger partial charge >= 0.3 is 0 Å². The zero-order valence-electron chi connectivity index (χ0n) is 20.8. The molecular weight excluding hydrogens is 360 g/mol. The predicted molar refractivity (Wildman–Crippen MR) is 127 cm³/mol. The van der Waals surface area contributed by atoms with Crippen molar-refractivity contribution in [3.8, 4) is 0 Å². The molecule has 4 atom stereocenters. The predicted octanol–water partition coefficient (Wildman–Crippen LogP) is 8.87. The fourth-order valence-corrected chi connectivity index (χ4v) is 13.8. The van der Waals surface area contributed by atoms with Gasteiger partial charge in [0.2, 0.25) is 0 Å². The van der Waals surface area contributed by atoms with Crippen molar-refractivity contribution < 1.29 is 0 Å². The summed E-state index contributed by atoms with van der Waals surface area (Å²) in [7, 11) is 0. The Balaban J connectivity index is 1.53. The first-order valence-corrected chi connectivity index (χ1v) is 13.1. The number of hydrogen-bond donors (Lipinski definition) is 0. The molecule has 8 bridgehead atoms. The van der Waals surface area contributed by atoms with Gasteiger partial charge in [-0.15, -0.1) is 0 Å². The lowest BCUT2D eigenvalue weighted by atomic mass is 9.25. The van der Waals surface area contributed by atoms with E-state index >= 15 is 0 Å². The number of rotatable bonds is 3. The smallest absolute Gasteiger partial charge is 0.0102 e. The molecule has 8 saturated carbocycles. The zero-order chi connectivity index (χ0) is 21.3. The third kappa shape index (κ3) is 2.46. The Morgan fingerprint density at radius 2 is 0.700 bits per heavy atom. The number of hydrogen-bond acceptors (Lipinski definition) is 0. The van der Waals surface area contributed by atoms with Crippen LogP contribution in [0, 0.1) is 43.3 Å². The van der Waals surface area contributed by atoms with E-state index in [0.717, 1.165) is 0 Å². The highest BCUT2D eigenvalue weighted by molar-refractivity contribution is 5.29. The molecule has 0 heteroatoms. The van der Waals surface area contributed by atoms with Gasteiger partial charge in [0.05, 0.1) is 0 Å². The average molecular weight is 407 g/mol. The van der Waals surface area contributed by atoms with Crippen molar-refractivity contribution >= 4 is 0 Å². The fourth-order valence-electron chi connectivity index (χ4n) is 13.8. The lowest BCUT2D eigenvalue weighted by Crippen LogP contribution is -2.70. The maximum Gasteiger partial charge on any atom is -0.0102 e. The topological polar surface area (TPSA) is 0 Å². The molecule has 0 aromatic rings. The van der Waals surface area contributed by atoms with Crippen LogP contribution in [0.1, 0.15) is 119 Å². The van der Waals surface area contributed by atoms with Crippen molar-refractivity contribution in [3.63, 3.8) is 0 Å². The molecule has 0 aromatic carbocycles. The molecule has 8 aliphatic rings. The van der Waals surface area contributed by atoms with E-state index in [0.29, 0.717) is 43.3 Å². The maximum atomic E-state index is 2.70. The largest absolute Gasteiger partial charge is 0.0911 e. The van der Waals surface area contributed by atoms with Crippen LogP contribution in [-0.2, 0) is 0 Å². The SMILES string of the molecule is C/C=C\C12CC3(C)CC(C)(C1)CC(C14CC5(C)CC(C)(CC(/C=C\C)(C5)C1)C4)(C3)C2. The van der Waals surface area contributed by atoms with E-state index in [9.17, 15) is 0 Å². The molecule has 0 aromatic heterocycles. The molecule has 4 unspecified atom stereocenters. The molecule has 0 nitrogen and oxygen atoms in total. The second-order valence-electron chi connectivity index (χ2n) is 15.6. The fraction of sp³-hybridized carbons (Fsp3) is 0.867. The minimum Gasteiger partial charge on any atom is -0.0911 e. The van der Waals surface area contributed by atoms with Crippen LogP contribution < -0.4 is 0 Å². The van der Waals surface area contributed by atoms with Crippen LogP contribution >= 0.6 is 0 Å². The minimum atomic E-state index is 0.492. The van der Waals surface area contributed by atoms with Crippen molar-refractivity contribution in [1.29, 1.82) is 0 Å². The highest BCUT2D eigenvalue weighted by Crippen LogP contribution is 2.85. The molecule has 0 spiro atoms. The van der Waals surface area contributed by atoms with E-state index in [1.807, 2.05) is 0 Å². The summed E-state index contributed by atoms with van der Waals surface area (Å²) in [5.41, 5.74) is 4.44. The quantitative estimate of drug-likeness (QED) is 0.410. The van der Waals surface area contributed by atoms with Crippen LogP contribution in [0.5, 0.6) is 0 Å². The van der Waals surface area contributed by atoms with Crippen molar-refractivity contribution in [2.24, 2.45) is 43.3 Å². The molecular formula is C30H46. The van der Waals surface area contributed by atoms with Gasteiger partial charge in [-0.05, 0) is 134 Å². The summed E-state index contributed by atoms with van der Waals surface area (Å²) in [6.45, 7) is 15.3. The standard InChI is InChI=1S/C30H46/c1-7-9-27-13-23(3)11-24(4,14-27)18-29(17-23,21-27)30-19-25(5)12-26(6,20-30)16-28(15-25,22-30)10-8-2/h7-10H,11-22H2,1-6H3/b9-7-,10-8-. The second-order valence-corrected chi connectivity index (χ2v) is 15.6. The van der Waals surface area contributed by atoms with Crippen LogP contribution in [-0.4, -0.2) is 0 Å². The number of allylic oxidation sites excluding steroid dienone is 4. The summed E-state index contributed by atoms with van der Waals surface area (Å²) < 4.78 is 0.